The average molecular weight is 179 g/mol. The van der Waals surface area contributed by atoms with Crippen molar-refractivity contribution >= 4 is 0 Å². The predicted molar refractivity (Wildman–Crippen MR) is 52.4 cm³/mol. The maximum Gasteiger partial charge on any atom is 0.0537 e. The predicted octanol–water partition coefficient (Wildman–Crippen LogP) is 1.58. The summed E-state index contributed by atoms with van der Waals surface area (Å²) in [6.45, 7) is 2.25. The molecule has 1 unspecified atom stereocenters. The average Bonchev–Trinajstić information content (AvgIpc) is 2.87. The van der Waals surface area contributed by atoms with Crippen LogP contribution in [0.15, 0.2) is 12.4 Å². The molecule has 0 aromatic carbocycles. The highest BCUT2D eigenvalue weighted by Crippen LogP contribution is 2.32. The van der Waals surface area contributed by atoms with Crippen LogP contribution in [0.1, 0.15) is 31.4 Å². The number of nitrogens with zero attached hydrogens (tertiary/aromatic N) is 3. The van der Waals surface area contributed by atoms with E-state index in [0.29, 0.717) is 6.04 Å². The van der Waals surface area contributed by atoms with Crippen molar-refractivity contribution in [3.05, 3.63) is 18.0 Å². The third-order valence-electron chi connectivity index (χ3n) is 2.94. The molecule has 3 nitrogen and oxygen atoms in total. The maximum atomic E-state index is 4.19. The van der Waals surface area contributed by atoms with Gasteiger partial charge in [-0.2, -0.15) is 5.10 Å². The largest absolute Gasteiger partial charge is 0.297 e. The van der Waals surface area contributed by atoms with E-state index in [-0.39, 0.29) is 0 Å². The van der Waals surface area contributed by atoms with E-state index in [4.69, 9.17) is 0 Å². The number of hydrogen-bond acceptors (Lipinski definition) is 2. The smallest absolute Gasteiger partial charge is 0.0537 e. The molecule has 1 aliphatic carbocycles. The van der Waals surface area contributed by atoms with Crippen LogP contribution < -0.4 is 0 Å². The van der Waals surface area contributed by atoms with Crippen LogP contribution in [-0.2, 0) is 7.05 Å². The van der Waals surface area contributed by atoms with Crippen molar-refractivity contribution in [2.45, 2.75) is 31.8 Å². The molecule has 1 aromatic rings. The zero-order valence-electron chi connectivity index (χ0n) is 8.57. The Morgan fingerprint density at radius 3 is 2.77 bits per heavy atom. The molecule has 1 atom stereocenters. The Labute approximate surface area is 79.3 Å². The standard InChI is InChI=1S/C10H17N3/c1-8(13(3)10-4-5-10)9-6-11-12(2)7-9/h6-8,10H,4-5H2,1-3H3. The first-order valence-corrected chi connectivity index (χ1v) is 4.89. The molecule has 1 saturated carbocycles. The van der Waals surface area contributed by atoms with Crippen molar-refractivity contribution in [2.24, 2.45) is 7.05 Å². The van der Waals surface area contributed by atoms with Crippen LogP contribution >= 0.6 is 0 Å². The minimum atomic E-state index is 0.501. The summed E-state index contributed by atoms with van der Waals surface area (Å²) in [4.78, 5) is 2.44. The normalized spacial score (nSPS) is 19.4. The molecule has 0 N–H and O–H groups in total. The fraction of sp³-hybridized carbons (Fsp3) is 0.700. The Kier molecular flexibility index (Phi) is 2.12. The molecule has 1 aliphatic rings. The third-order valence-corrected chi connectivity index (χ3v) is 2.94. The van der Waals surface area contributed by atoms with E-state index in [2.05, 4.69) is 30.2 Å². The van der Waals surface area contributed by atoms with Crippen LogP contribution in [0.2, 0.25) is 0 Å². The third kappa shape index (κ3) is 1.75. The number of hydrogen-bond donors (Lipinski definition) is 0. The Morgan fingerprint density at radius 1 is 1.62 bits per heavy atom. The van der Waals surface area contributed by atoms with Crippen molar-refractivity contribution in [3.8, 4) is 0 Å². The minimum absolute atomic E-state index is 0.501. The Balaban J connectivity index is 2.06. The minimum Gasteiger partial charge on any atom is -0.297 e. The fourth-order valence-electron chi connectivity index (χ4n) is 1.69. The van der Waals surface area contributed by atoms with Crippen LogP contribution in [0.5, 0.6) is 0 Å². The maximum absolute atomic E-state index is 4.19. The van der Waals surface area contributed by atoms with Gasteiger partial charge in [0.1, 0.15) is 0 Å². The van der Waals surface area contributed by atoms with E-state index < -0.39 is 0 Å². The summed E-state index contributed by atoms with van der Waals surface area (Å²) in [5, 5.41) is 4.19. The molecular formula is C10H17N3. The van der Waals surface area contributed by atoms with Crippen molar-refractivity contribution in [2.75, 3.05) is 7.05 Å². The molecule has 0 bridgehead atoms. The lowest BCUT2D eigenvalue weighted by atomic mass is 10.1. The van der Waals surface area contributed by atoms with Gasteiger partial charge >= 0.3 is 0 Å². The van der Waals surface area contributed by atoms with Gasteiger partial charge in [0.25, 0.3) is 0 Å². The van der Waals surface area contributed by atoms with E-state index in [9.17, 15) is 0 Å². The molecule has 2 rings (SSSR count). The van der Waals surface area contributed by atoms with Crippen LogP contribution in [0, 0.1) is 0 Å². The molecule has 3 heteroatoms. The molecule has 1 aromatic heterocycles. The SMILES string of the molecule is CC(c1cnn(C)c1)N(C)C1CC1. The molecule has 0 radical (unpaired) electrons. The van der Waals surface area contributed by atoms with Gasteiger partial charge in [-0.25, -0.2) is 0 Å². The summed E-state index contributed by atoms with van der Waals surface area (Å²) in [6, 6.07) is 1.32. The molecule has 1 fully saturated rings. The second-order valence-electron chi connectivity index (χ2n) is 4.02. The molecule has 72 valence electrons. The van der Waals surface area contributed by atoms with Gasteiger partial charge < -0.3 is 0 Å². The Hall–Kier alpha value is -0.830. The van der Waals surface area contributed by atoms with Gasteiger partial charge in [0.2, 0.25) is 0 Å². The molecule has 0 saturated heterocycles. The molecule has 13 heavy (non-hydrogen) atoms. The van der Waals surface area contributed by atoms with Gasteiger partial charge in [0.15, 0.2) is 0 Å². The topological polar surface area (TPSA) is 21.1 Å². The van der Waals surface area contributed by atoms with Crippen molar-refractivity contribution in [1.82, 2.24) is 14.7 Å². The summed E-state index contributed by atoms with van der Waals surface area (Å²) < 4.78 is 1.87. The number of aryl methyl sites for hydroxylation is 1. The first kappa shape index (κ1) is 8.75. The van der Waals surface area contributed by atoms with Crippen LogP contribution in [0.25, 0.3) is 0 Å². The van der Waals surface area contributed by atoms with Crippen LogP contribution in [0.3, 0.4) is 0 Å². The van der Waals surface area contributed by atoms with Crippen molar-refractivity contribution < 1.29 is 0 Å². The van der Waals surface area contributed by atoms with Gasteiger partial charge in [0, 0.05) is 30.9 Å². The highest BCUT2D eigenvalue weighted by molar-refractivity contribution is 5.10. The Morgan fingerprint density at radius 2 is 2.31 bits per heavy atom. The van der Waals surface area contributed by atoms with Gasteiger partial charge in [-0.1, -0.05) is 0 Å². The fourth-order valence-corrected chi connectivity index (χ4v) is 1.69. The monoisotopic (exact) mass is 179 g/mol. The van der Waals surface area contributed by atoms with Gasteiger partial charge in [0.05, 0.1) is 6.20 Å². The lowest BCUT2D eigenvalue weighted by Gasteiger charge is -2.23. The highest BCUT2D eigenvalue weighted by Gasteiger charge is 2.29. The zero-order valence-corrected chi connectivity index (χ0v) is 8.57. The Bertz CT molecular complexity index is 288. The van der Waals surface area contributed by atoms with E-state index in [1.165, 1.54) is 18.4 Å². The van der Waals surface area contributed by atoms with E-state index in [1.807, 2.05) is 17.9 Å². The van der Waals surface area contributed by atoms with Crippen LogP contribution in [-0.4, -0.2) is 27.8 Å². The first-order valence-electron chi connectivity index (χ1n) is 4.89. The summed E-state index contributed by atoms with van der Waals surface area (Å²) in [6.07, 6.45) is 6.79. The van der Waals surface area contributed by atoms with E-state index >= 15 is 0 Å². The summed E-state index contributed by atoms with van der Waals surface area (Å²) >= 11 is 0. The summed E-state index contributed by atoms with van der Waals surface area (Å²) in [5.41, 5.74) is 1.32. The molecule has 1 heterocycles. The quantitative estimate of drug-likeness (QED) is 0.702. The first-order chi connectivity index (χ1) is 6.18. The number of aromatic nitrogens is 2. The van der Waals surface area contributed by atoms with Gasteiger partial charge in [-0.05, 0) is 26.8 Å². The zero-order chi connectivity index (χ0) is 9.42. The van der Waals surface area contributed by atoms with Crippen LogP contribution in [0.4, 0.5) is 0 Å². The van der Waals surface area contributed by atoms with E-state index in [1.54, 1.807) is 0 Å². The highest BCUT2D eigenvalue weighted by atomic mass is 15.3. The second-order valence-corrected chi connectivity index (χ2v) is 4.02. The van der Waals surface area contributed by atoms with Crippen molar-refractivity contribution in [3.63, 3.8) is 0 Å². The summed E-state index contributed by atoms with van der Waals surface area (Å²) in [7, 11) is 4.17. The lowest BCUT2D eigenvalue weighted by Crippen LogP contribution is -2.24. The second kappa shape index (κ2) is 3.14. The molecule has 0 amide bonds. The summed E-state index contributed by atoms with van der Waals surface area (Å²) in [5.74, 6) is 0. The van der Waals surface area contributed by atoms with Gasteiger partial charge in [-0.15, -0.1) is 0 Å². The van der Waals surface area contributed by atoms with Gasteiger partial charge in [-0.3, -0.25) is 9.58 Å². The molecule has 0 spiro atoms. The molecule has 0 aliphatic heterocycles. The van der Waals surface area contributed by atoms with Crippen molar-refractivity contribution in [1.29, 1.82) is 0 Å². The number of rotatable bonds is 3. The lowest BCUT2D eigenvalue weighted by molar-refractivity contribution is 0.251. The molecular weight excluding hydrogens is 162 g/mol. The van der Waals surface area contributed by atoms with E-state index in [0.717, 1.165) is 6.04 Å².